The first-order valence-electron chi connectivity index (χ1n) is 7.23. The Morgan fingerprint density at radius 1 is 1.21 bits per heavy atom. The largest absolute Gasteiger partial charge is 0.419 e. The molecule has 0 fully saturated rings. The maximum atomic E-state index is 12.9. The van der Waals surface area contributed by atoms with Crippen molar-refractivity contribution in [3.63, 3.8) is 0 Å². The summed E-state index contributed by atoms with van der Waals surface area (Å²) in [5.74, 6) is 0.413. The molecule has 2 aromatic heterocycles. The van der Waals surface area contributed by atoms with E-state index in [2.05, 4.69) is 25.9 Å². The number of hydrogen-bond donors (Lipinski definition) is 3. The Kier molecular flexibility index (Phi) is 6.42. The fraction of sp³-hybridized carbons (Fsp3) is 0.333. The molecule has 0 amide bonds. The summed E-state index contributed by atoms with van der Waals surface area (Å²) in [7, 11) is 1.64. The molecule has 0 saturated carbocycles. The van der Waals surface area contributed by atoms with Gasteiger partial charge in [-0.05, 0) is 23.6 Å². The Balaban J connectivity index is 1.78. The van der Waals surface area contributed by atoms with Gasteiger partial charge < -0.3 is 16.0 Å². The van der Waals surface area contributed by atoms with Crippen LogP contribution in [0.15, 0.2) is 40.8 Å². The van der Waals surface area contributed by atoms with Crippen LogP contribution >= 0.6 is 11.3 Å². The number of alkyl halides is 3. The highest BCUT2D eigenvalue weighted by Gasteiger charge is 2.33. The first kappa shape index (κ1) is 18.1. The zero-order chi connectivity index (χ0) is 17.4. The number of hydrogen-bond acceptors (Lipinski definition) is 4. The Morgan fingerprint density at radius 2 is 2.04 bits per heavy atom. The second kappa shape index (κ2) is 8.53. The van der Waals surface area contributed by atoms with E-state index in [0.717, 1.165) is 6.07 Å². The summed E-state index contributed by atoms with van der Waals surface area (Å²) in [5.41, 5.74) is -0.773. The number of thiophene rings is 1. The van der Waals surface area contributed by atoms with Crippen LogP contribution in [0.5, 0.6) is 0 Å². The highest BCUT2D eigenvalue weighted by molar-refractivity contribution is 7.09. The van der Waals surface area contributed by atoms with E-state index in [1.54, 1.807) is 18.4 Å². The normalized spacial score (nSPS) is 12.1. The second-order valence-electron chi connectivity index (χ2n) is 4.76. The van der Waals surface area contributed by atoms with Crippen molar-refractivity contribution in [3.8, 4) is 0 Å². The van der Waals surface area contributed by atoms with E-state index in [1.807, 2.05) is 17.5 Å². The van der Waals surface area contributed by atoms with Crippen LogP contribution in [0.4, 0.5) is 19.0 Å². The van der Waals surface area contributed by atoms with Gasteiger partial charge in [0.2, 0.25) is 0 Å². The average molecular weight is 357 g/mol. The molecule has 0 saturated heterocycles. The highest BCUT2D eigenvalue weighted by atomic mass is 32.1. The summed E-state index contributed by atoms with van der Waals surface area (Å²) >= 11 is 1.63. The molecule has 0 radical (unpaired) electrons. The van der Waals surface area contributed by atoms with Gasteiger partial charge in [0.25, 0.3) is 0 Å². The van der Waals surface area contributed by atoms with Gasteiger partial charge in [-0.15, -0.1) is 11.3 Å². The molecule has 2 heterocycles. The number of aliphatic imine (C=N–C) groups is 1. The number of halogens is 3. The molecule has 24 heavy (non-hydrogen) atoms. The molecule has 130 valence electrons. The number of nitrogens with one attached hydrogen (secondary N) is 3. The average Bonchev–Trinajstić information content (AvgIpc) is 3.07. The lowest BCUT2D eigenvalue weighted by atomic mass is 10.2. The van der Waals surface area contributed by atoms with Crippen LogP contribution in [0, 0.1) is 0 Å². The van der Waals surface area contributed by atoms with Gasteiger partial charge in [-0.1, -0.05) is 6.07 Å². The summed E-state index contributed by atoms with van der Waals surface area (Å²) in [6.45, 7) is 1.32. The van der Waals surface area contributed by atoms with Gasteiger partial charge in [0.1, 0.15) is 5.82 Å². The molecule has 0 atom stereocenters. The molecule has 3 N–H and O–H groups in total. The van der Waals surface area contributed by atoms with E-state index in [4.69, 9.17) is 0 Å². The molecule has 5 nitrogen and oxygen atoms in total. The van der Waals surface area contributed by atoms with Gasteiger partial charge in [-0.3, -0.25) is 4.99 Å². The summed E-state index contributed by atoms with van der Waals surface area (Å²) in [5, 5.41) is 10.8. The molecule has 0 aromatic carbocycles. The predicted octanol–water partition coefficient (Wildman–Crippen LogP) is 2.94. The fourth-order valence-electron chi connectivity index (χ4n) is 1.94. The van der Waals surface area contributed by atoms with Crippen molar-refractivity contribution in [1.29, 1.82) is 0 Å². The van der Waals surface area contributed by atoms with E-state index >= 15 is 0 Å². The number of pyridine rings is 1. The minimum absolute atomic E-state index is 0.173. The number of rotatable bonds is 6. The second-order valence-corrected chi connectivity index (χ2v) is 5.79. The summed E-state index contributed by atoms with van der Waals surface area (Å²) in [4.78, 5) is 8.98. The van der Waals surface area contributed by atoms with Gasteiger partial charge in [-0.25, -0.2) is 4.98 Å². The van der Waals surface area contributed by atoms with E-state index in [1.165, 1.54) is 17.1 Å². The van der Waals surface area contributed by atoms with E-state index in [0.29, 0.717) is 19.0 Å². The van der Waals surface area contributed by atoms with Crippen molar-refractivity contribution in [2.45, 2.75) is 12.7 Å². The lowest BCUT2D eigenvalue weighted by Crippen LogP contribution is -2.39. The van der Waals surface area contributed by atoms with Crippen molar-refractivity contribution >= 4 is 23.1 Å². The van der Waals surface area contributed by atoms with Crippen molar-refractivity contribution < 1.29 is 13.2 Å². The van der Waals surface area contributed by atoms with Crippen molar-refractivity contribution in [2.75, 3.05) is 25.5 Å². The molecule has 0 bridgehead atoms. The van der Waals surface area contributed by atoms with E-state index < -0.39 is 11.7 Å². The molecule has 0 aliphatic carbocycles. The van der Waals surface area contributed by atoms with Gasteiger partial charge in [0.15, 0.2) is 5.96 Å². The van der Waals surface area contributed by atoms with Crippen LogP contribution in [0.25, 0.3) is 0 Å². The Bertz CT molecular complexity index is 655. The topological polar surface area (TPSA) is 61.3 Å². The van der Waals surface area contributed by atoms with Crippen LogP contribution in [-0.2, 0) is 12.7 Å². The molecule has 9 heteroatoms. The SMILES string of the molecule is CN=C(NCCNc1ncccc1C(F)(F)F)NCc1cccs1. The van der Waals surface area contributed by atoms with Crippen LogP contribution in [-0.4, -0.2) is 31.1 Å². The third-order valence-corrected chi connectivity index (χ3v) is 3.93. The lowest BCUT2D eigenvalue weighted by Gasteiger charge is -2.14. The van der Waals surface area contributed by atoms with E-state index in [-0.39, 0.29) is 12.4 Å². The molecular formula is C15H18F3N5S. The van der Waals surface area contributed by atoms with Crippen LogP contribution < -0.4 is 16.0 Å². The molecule has 2 rings (SSSR count). The lowest BCUT2D eigenvalue weighted by molar-refractivity contribution is -0.137. The Hall–Kier alpha value is -2.29. The first-order chi connectivity index (χ1) is 11.5. The molecule has 2 aromatic rings. The minimum atomic E-state index is -4.43. The third kappa shape index (κ3) is 5.41. The highest BCUT2D eigenvalue weighted by Crippen LogP contribution is 2.33. The van der Waals surface area contributed by atoms with Gasteiger partial charge in [-0.2, -0.15) is 13.2 Å². The molecule has 0 aliphatic heterocycles. The number of anilines is 1. The molecule has 0 aliphatic rings. The summed E-state index contributed by atoms with van der Waals surface area (Å²) < 4.78 is 38.6. The number of aromatic nitrogens is 1. The Morgan fingerprint density at radius 3 is 2.71 bits per heavy atom. The fourth-order valence-corrected chi connectivity index (χ4v) is 2.59. The van der Waals surface area contributed by atoms with Crippen molar-refractivity contribution in [3.05, 3.63) is 46.3 Å². The van der Waals surface area contributed by atoms with Gasteiger partial charge in [0, 0.05) is 31.2 Å². The first-order valence-corrected chi connectivity index (χ1v) is 8.11. The monoisotopic (exact) mass is 357 g/mol. The van der Waals surface area contributed by atoms with Crippen molar-refractivity contribution in [2.24, 2.45) is 4.99 Å². The summed E-state index contributed by atoms with van der Waals surface area (Å²) in [6, 6.07) is 6.24. The van der Waals surface area contributed by atoms with Crippen molar-refractivity contribution in [1.82, 2.24) is 15.6 Å². The smallest absolute Gasteiger partial charge is 0.368 e. The van der Waals surface area contributed by atoms with Gasteiger partial charge in [0.05, 0.1) is 12.1 Å². The maximum absolute atomic E-state index is 12.9. The van der Waals surface area contributed by atoms with Crippen LogP contribution in [0.1, 0.15) is 10.4 Å². The number of nitrogens with zero attached hydrogens (tertiary/aromatic N) is 2. The summed E-state index contributed by atoms with van der Waals surface area (Å²) in [6.07, 6.45) is -3.10. The number of guanidine groups is 1. The molecule has 0 unspecified atom stereocenters. The molecular weight excluding hydrogens is 339 g/mol. The zero-order valence-corrected chi connectivity index (χ0v) is 13.8. The molecule has 0 spiro atoms. The van der Waals surface area contributed by atoms with Crippen LogP contribution in [0.3, 0.4) is 0 Å². The minimum Gasteiger partial charge on any atom is -0.368 e. The van der Waals surface area contributed by atoms with Crippen LogP contribution in [0.2, 0.25) is 0 Å². The standard InChI is InChI=1S/C15H18F3N5S/c1-19-14(23-10-11-4-3-9-24-11)22-8-7-21-13-12(15(16,17)18)5-2-6-20-13/h2-6,9H,7-8,10H2,1H3,(H,20,21)(H2,19,22,23). The van der Waals surface area contributed by atoms with Gasteiger partial charge >= 0.3 is 6.18 Å². The quantitative estimate of drug-likeness (QED) is 0.423. The third-order valence-electron chi connectivity index (χ3n) is 3.06. The Labute approximate surface area is 142 Å². The van der Waals surface area contributed by atoms with E-state index in [9.17, 15) is 13.2 Å². The maximum Gasteiger partial charge on any atom is 0.419 e. The zero-order valence-electron chi connectivity index (χ0n) is 13.0. The predicted molar refractivity (Wildman–Crippen MR) is 90.2 cm³/mol.